The molecule has 1 aromatic heterocycles. The summed E-state index contributed by atoms with van der Waals surface area (Å²) in [5.74, 6) is -0.937. The molecule has 4 amide bonds. The molecule has 10 nitrogen and oxygen atoms in total. The standard InChI is InChI=1S/C25H31N5O5/c1-25(2,3)35-24(34)29-10-8-28(9-11-29)17-6-7-18(26-13-17)27-19(31)14-30-22(32)20-15-4-5-16(12-15)21(20)23(30)33/h4-7,13,15-16,20-21H,8-12,14H2,1-3H3,(H,26,27,31). The lowest BCUT2D eigenvalue weighted by molar-refractivity contribution is -0.143. The fraction of sp³-hybridized carbons (Fsp3) is 0.560. The van der Waals surface area contributed by atoms with Gasteiger partial charge in [0.1, 0.15) is 18.0 Å². The van der Waals surface area contributed by atoms with Crippen molar-refractivity contribution in [2.75, 3.05) is 42.9 Å². The first kappa shape index (κ1) is 23.3. The predicted octanol–water partition coefficient (Wildman–Crippen LogP) is 1.88. The number of carbonyl (C=O) groups excluding carboxylic acids is 4. The van der Waals surface area contributed by atoms with E-state index in [1.807, 2.05) is 39.0 Å². The zero-order chi connectivity index (χ0) is 24.9. The molecule has 4 aliphatic rings. The third-order valence-corrected chi connectivity index (χ3v) is 7.18. The highest BCUT2D eigenvalue weighted by Crippen LogP contribution is 2.52. The average Bonchev–Trinajstić information content (AvgIpc) is 3.49. The number of ether oxygens (including phenoxy) is 1. The van der Waals surface area contributed by atoms with Crippen molar-refractivity contribution < 1.29 is 23.9 Å². The number of hydrogen-bond donors (Lipinski definition) is 1. The molecule has 3 fully saturated rings. The van der Waals surface area contributed by atoms with Crippen molar-refractivity contribution in [3.63, 3.8) is 0 Å². The van der Waals surface area contributed by atoms with Crippen molar-refractivity contribution >= 4 is 35.3 Å². The maximum Gasteiger partial charge on any atom is 0.410 e. The highest BCUT2D eigenvalue weighted by Gasteiger charge is 2.59. The number of fused-ring (bicyclic) bond motifs is 5. The molecule has 4 atom stereocenters. The van der Waals surface area contributed by atoms with Gasteiger partial charge in [-0.3, -0.25) is 19.3 Å². The maximum absolute atomic E-state index is 12.8. The van der Waals surface area contributed by atoms with Crippen molar-refractivity contribution in [1.29, 1.82) is 0 Å². The highest BCUT2D eigenvalue weighted by molar-refractivity contribution is 6.09. The molecule has 2 aliphatic heterocycles. The minimum atomic E-state index is -0.524. The molecular weight excluding hydrogens is 450 g/mol. The second-order valence-electron chi connectivity index (χ2n) is 10.7. The van der Waals surface area contributed by atoms with Crippen LogP contribution < -0.4 is 10.2 Å². The third kappa shape index (κ3) is 4.49. The topological polar surface area (TPSA) is 112 Å². The Kier molecular flexibility index (Phi) is 5.77. The van der Waals surface area contributed by atoms with E-state index >= 15 is 0 Å². The molecule has 35 heavy (non-hydrogen) atoms. The lowest BCUT2D eigenvalue weighted by Crippen LogP contribution is -2.50. The number of anilines is 2. The molecule has 0 spiro atoms. The first-order chi connectivity index (χ1) is 16.6. The predicted molar refractivity (Wildman–Crippen MR) is 127 cm³/mol. The van der Waals surface area contributed by atoms with E-state index in [0.717, 1.165) is 17.0 Å². The van der Waals surface area contributed by atoms with Crippen LogP contribution in [0.3, 0.4) is 0 Å². The maximum atomic E-state index is 12.8. The minimum Gasteiger partial charge on any atom is -0.444 e. The Labute approximate surface area is 204 Å². The lowest BCUT2D eigenvalue weighted by atomic mass is 9.85. The molecule has 0 aromatic carbocycles. The number of rotatable bonds is 4. The van der Waals surface area contributed by atoms with E-state index in [9.17, 15) is 19.2 Å². The number of hydrogen-bond acceptors (Lipinski definition) is 7. The van der Waals surface area contributed by atoms with Gasteiger partial charge in [-0.15, -0.1) is 0 Å². The summed E-state index contributed by atoms with van der Waals surface area (Å²) in [6.45, 7) is 7.63. The summed E-state index contributed by atoms with van der Waals surface area (Å²) in [6.07, 6.45) is 6.28. The summed E-state index contributed by atoms with van der Waals surface area (Å²) in [5, 5.41) is 2.69. The molecule has 5 rings (SSSR count). The van der Waals surface area contributed by atoms with Crippen LogP contribution in [-0.4, -0.2) is 76.9 Å². The number of carbonyl (C=O) groups is 4. The molecule has 10 heteroatoms. The highest BCUT2D eigenvalue weighted by atomic mass is 16.6. The van der Waals surface area contributed by atoms with E-state index in [1.165, 1.54) is 0 Å². The lowest BCUT2D eigenvalue weighted by Gasteiger charge is -2.36. The fourth-order valence-electron chi connectivity index (χ4n) is 5.57. The number of pyridine rings is 1. The molecule has 0 radical (unpaired) electrons. The van der Waals surface area contributed by atoms with E-state index in [0.29, 0.717) is 32.0 Å². The van der Waals surface area contributed by atoms with Gasteiger partial charge < -0.3 is 19.9 Å². The SMILES string of the molecule is CC(C)(C)OC(=O)N1CCN(c2ccc(NC(=O)CN3C(=O)C4C5C=CC(C5)C4C3=O)nc2)CC1. The monoisotopic (exact) mass is 481 g/mol. The molecule has 2 aliphatic carbocycles. The Morgan fingerprint density at radius 3 is 2.20 bits per heavy atom. The summed E-state index contributed by atoms with van der Waals surface area (Å²) in [7, 11) is 0. The van der Waals surface area contributed by atoms with Gasteiger partial charge in [-0.05, 0) is 51.2 Å². The Morgan fingerprint density at radius 2 is 1.66 bits per heavy atom. The van der Waals surface area contributed by atoms with E-state index < -0.39 is 11.5 Å². The molecule has 186 valence electrons. The van der Waals surface area contributed by atoms with Gasteiger partial charge in [-0.1, -0.05) is 12.2 Å². The molecule has 1 N–H and O–H groups in total. The van der Waals surface area contributed by atoms with Crippen LogP contribution in [0.25, 0.3) is 0 Å². The average molecular weight is 482 g/mol. The van der Waals surface area contributed by atoms with Crippen molar-refractivity contribution in [2.45, 2.75) is 32.8 Å². The van der Waals surface area contributed by atoms with Gasteiger partial charge in [0.25, 0.3) is 0 Å². The molecule has 1 aromatic rings. The number of nitrogens with zero attached hydrogens (tertiary/aromatic N) is 4. The summed E-state index contributed by atoms with van der Waals surface area (Å²) in [5.41, 5.74) is 0.358. The normalized spacial score (nSPS) is 27.5. The second-order valence-corrected chi connectivity index (χ2v) is 10.7. The fourth-order valence-corrected chi connectivity index (χ4v) is 5.57. The van der Waals surface area contributed by atoms with Gasteiger partial charge >= 0.3 is 6.09 Å². The number of aromatic nitrogens is 1. The Morgan fingerprint density at radius 1 is 1.03 bits per heavy atom. The largest absolute Gasteiger partial charge is 0.444 e. The van der Waals surface area contributed by atoms with Gasteiger partial charge in [0.05, 0.1) is 23.7 Å². The molecule has 2 saturated heterocycles. The van der Waals surface area contributed by atoms with Gasteiger partial charge in [0.15, 0.2) is 0 Å². The minimum absolute atomic E-state index is 0.120. The second kappa shape index (κ2) is 8.66. The van der Waals surface area contributed by atoms with Crippen LogP contribution in [-0.2, 0) is 19.1 Å². The molecule has 3 heterocycles. The summed E-state index contributed by atoms with van der Waals surface area (Å²) < 4.78 is 5.43. The number of imide groups is 1. The van der Waals surface area contributed by atoms with Crippen LogP contribution in [0.1, 0.15) is 27.2 Å². The summed E-state index contributed by atoms with van der Waals surface area (Å²) in [4.78, 5) is 59.6. The molecule has 4 unspecified atom stereocenters. The molecule has 2 bridgehead atoms. The molecular formula is C25H31N5O5. The van der Waals surface area contributed by atoms with Crippen molar-refractivity contribution in [2.24, 2.45) is 23.7 Å². The smallest absolute Gasteiger partial charge is 0.410 e. The van der Waals surface area contributed by atoms with Crippen LogP contribution in [0.4, 0.5) is 16.3 Å². The van der Waals surface area contributed by atoms with E-state index in [1.54, 1.807) is 17.2 Å². The van der Waals surface area contributed by atoms with Crippen molar-refractivity contribution in [1.82, 2.24) is 14.8 Å². The zero-order valence-electron chi connectivity index (χ0n) is 20.3. The van der Waals surface area contributed by atoms with Crippen LogP contribution in [0.15, 0.2) is 30.5 Å². The summed E-state index contributed by atoms with van der Waals surface area (Å²) >= 11 is 0. The first-order valence-corrected chi connectivity index (χ1v) is 12.1. The number of piperazine rings is 1. The Hall–Kier alpha value is -3.43. The van der Waals surface area contributed by atoms with E-state index in [2.05, 4.69) is 15.2 Å². The van der Waals surface area contributed by atoms with Gasteiger partial charge in [-0.25, -0.2) is 9.78 Å². The zero-order valence-corrected chi connectivity index (χ0v) is 20.3. The van der Waals surface area contributed by atoms with Crippen molar-refractivity contribution in [3.8, 4) is 0 Å². The third-order valence-electron chi connectivity index (χ3n) is 7.18. The number of likely N-dealkylation sites (tertiary alicyclic amines) is 1. The first-order valence-electron chi connectivity index (χ1n) is 12.1. The quantitative estimate of drug-likeness (QED) is 0.516. The van der Waals surface area contributed by atoms with E-state index in [4.69, 9.17) is 4.74 Å². The van der Waals surface area contributed by atoms with Crippen molar-refractivity contribution in [3.05, 3.63) is 30.5 Å². The number of amides is 4. The Balaban J connectivity index is 1.12. The van der Waals surface area contributed by atoms with Gasteiger partial charge in [0.2, 0.25) is 17.7 Å². The Bertz CT molecular complexity index is 1040. The van der Waals surface area contributed by atoms with E-state index in [-0.39, 0.29) is 48.1 Å². The number of nitrogens with one attached hydrogen (secondary N) is 1. The van der Waals surface area contributed by atoms with Crippen LogP contribution in [0, 0.1) is 23.7 Å². The van der Waals surface area contributed by atoms with Crippen LogP contribution >= 0.6 is 0 Å². The van der Waals surface area contributed by atoms with Crippen LogP contribution in [0.2, 0.25) is 0 Å². The molecule has 1 saturated carbocycles. The van der Waals surface area contributed by atoms with Crippen LogP contribution in [0.5, 0.6) is 0 Å². The number of allylic oxidation sites excluding steroid dienone is 2. The van der Waals surface area contributed by atoms with Gasteiger partial charge in [0, 0.05) is 26.2 Å². The summed E-state index contributed by atoms with van der Waals surface area (Å²) in [6, 6.07) is 3.55. The van der Waals surface area contributed by atoms with Gasteiger partial charge in [-0.2, -0.15) is 0 Å².